The minimum absolute atomic E-state index is 0.113. The molecular formula is C17H12F4N4O4S. The van der Waals surface area contributed by atoms with Crippen LogP contribution in [0.15, 0.2) is 40.8 Å². The van der Waals surface area contributed by atoms with Gasteiger partial charge in [0, 0.05) is 30.3 Å². The quantitative estimate of drug-likeness (QED) is 0.538. The van der Waals surface area contributed by atoms with Gasteiger partial charge in [-0.1, -0.05) is 0 Å². The number of aliphatic carboxylic acids is 1. The summed E-state index contributed by atoms with van der Waals surface area (Å²) in [7, 11) is 0. The molecule has 0 unspecified atom stereocenters. The van der Waals surface area contributed by atoms with Gasteiger partial charge in [0.25, 0.3) is 5.56 Å². The van der Waals surface area contributed by atoms with Gasteiger partial charge in [0.1, 0.15) is 11.6 Å². The summed E-state index contributed by atoms with van der Waals surface area (Å²) in [5.41, 5.74) is -0.977. The van der Waals surface area contributed by atoms with Gasteiger partial charge in [-0.15, -0.1) is 24.5 Å². The molecular weight excluding hydrogens is 432 g/mol. The minimum Gasteiger partial charge on any atom is -0.481 e. The molecule has 30 heavy (non-hydrogen) atoms. The van der Waals surface area contributed by atoms with Gasteiger partial charge in [0.05, 0.1) is 17.1 Å². The van der Waals surface area contributed by atoms with Crippen LogP contribution in [0.3, 0.4) is 0 Å². The number of aromatic nitrogens is 3. The molecule has 13 heteroatoms. The highest BCUT2D eigenvalue weighted by Gasteiger charge is 2.31. The van der Waals surface area contributed by atoms with Crippen LogP contribution in [0.1, 0.15) is 11.4 Å². The highest BCUT2D eigenvalue weighted by atomic mass is 32.1. The number of anilines is 2. The molecule has 0 fully saturated rings. The fourth-order valence-electron chi connectivity index (χ4n) is 2.34. The van der Waals surface area contributed by atoms with Gasteiger partial charge >= 0.3 is 12.3 Å². The zero-order valence-electron chi connectivity index (χ0n) is 14.8. The molecule has 0 spiro atoms. The summed E-state index contributed by atoms with van der Waals surface area (Å²) in [6.45, 7) is 0. The van der Waals surface area contributed by atoms with E-state index in [-0.39, 0.29) is 30.2 Å². The van der Waals surface area contributed by atoms with Crippen molar-refractivity contribution in [1.29, 1.82) is 0 Å². The molecule has 0 saturated carbocycles. The van der Waals surface area contributed by atoms with Crippen LogP contribution >= 0.6 is 11.3 Å². The van der Waals surface area contributed by atoms with Crippen LogP contribution in [0, 0.1) is 5.82 Å². The number of alkyl halides is 3. The van der Waals surface area contributed by atoms with E-state index in [9.17, 15) is 27.2 Å². The van der Waals surface area contributed by atoms with Gasteiger partial charge in [-0.3, -0.25) is 14.2 Å². The van der Waals surface area contributed by atoms with E-state index in [1.165, 1.54) is 23.7 Å². The Morgan fingerprint density at radius 1 is 1.33 bits per heavy atom. The van der Waals surface area contributed by atoms with Crippen molar-refractivity contribution in [2.75, 3.05) is 5.32 Å². The van der Waals surface area contributed by atoms with Crippen molar-refractivity contribution in [3.63, 3.8) is 0 Å². The Kier molecular flexibility index (Phi) is 6.01. The number of rotatable bonds is 7. The highest BCUT2D eigenvalue weighted by molar-refractivity contribution is 7.09. The number of hydrogen-bond donors (Lipinski definition) is 2. The molecule has 0 aliphatic carbocycles. The first-order chi connectivity index (χ1) is 14.1. The Morgan fingerprint density at radius 3 is 2.77 bits per heavy atom. The van der Waals surface area contributed by atoms with E-state index in [0.717, 1.165) is 16.7 Å². The van der Waals surface area contributed by atoms with E-state index in [0.29, 0.717) is 11.1 Å². The first kappa shape index (κ1) is 21.2. The van der Waals surface area contributed by atoms with Crippen LogP contribution in [0.2, 0.25) is 0 Å². The summed E-state index contributed by atoms with van der Waals surface area (Å²) in [6, 6.07) is 2.38. The number of halogens is 4. The van der Waals surface area contributed by atoms with Gasteiger partial charge in [0.15, 0.2) is 11.6 Å². The third-order valence-corrected chi connectivity index (χ3v) is 4.50. The number of aryl methyl sites for hydroxylation is 1. The molecule has 3 aromatic rings. The highest BCUT2D eigenvalue weighted by Crippen LogP contribution is 2.27. The van der Waals surface area contributed by atoms with Crippen LogP contribution in [0.5, 0.6) is 5.75 Å². The Hall–Kier alpha value is -3.48. The normalized spacial score (nSPS) is 11.3. The molecule has 0 atom stereocenters. The molecule has 2 aromatic heterocycles. The maximum atomic E-state index is 14.1. The predicted octanol–water partition coefficient (Wildman–Crippen LogP) is 3.49. The van der Waals surface area contributed by atoms with Crippen LogP contribution in [-0.2, 0) is 11.2 Å². The lowest BCUT2D eigenvalue weighted by Gasteiger charge is -2.11. The van der Waals surface area contributed by atoms with E-state index in [1.807, 2.05) is 0 Å². The molecule has 2 heterocycles. The lowest BCUT2D eigenvalue weighted by molar-refractivity contribution is -0.274. The fourth-order valence-corrected chi connectivity index (χ4v) is 3.11. The van der Waals surface area contributed by atoms with Crippen LogP contribution in [0.25, 0.3) is 5.82 Å². The number of ether oxygens (including phenoxy) is 1. The molecule has 0 saturated heterocycles. The monoisotopic (exact) mass is 444 g/mol. The Balaban J connectivity index is 1.82. The van der Waals surface area contributed by atoms with Crippen LogP contribution in [-0.4, -0.2) is 32.0 Å². The maximum absolute atomic E-state index is 14.1. The Labute approximate surface area is 169 Å². The summed E-state index contributed by atoms with van der Waals surface area (Å²) in [5, 5.41) is 13.2. The second-order valence-corrected chi connectivity index (χ2v) is 6.70. The lowest BCUT2D eigenvalue weighted by Crippen LogP contribution is -2.22. The number of hydrogen-bond acceptors (Lipinski definition) is 7. The third kappa shape index (κ3) is 5.31. The van der Waals surface area contributed by atoms with Gasteiger partial charge in [-0.05, 0) is 12.1 Å². The van der Waals surface area contributed by atoms with Gasteiger partial charge < -0.3 is 15.2 Å². The van der Waals surface area contributed by atoms with Crippen LogP contribution < -0.4 is 15.6 Å². The first-order valence-electron chi connectivity index (χ1n) is 8.19. The van der Waals surface area contributed by atoms with Gasteiger partial charge in [-0.2, -0.15) is 0 Å². The van der Waals surface area contributed by atoms with E-state index in [2.05, 4.69) is 20.0 Å². The Morgan fingerprint density at radius 2 is 2.10 bits per heavy atom. The van der Waals surface area contributed by atoms with E-state index >= 15 is 0 Å². The van der Waals surface area contributed by atoms with Crippen molar-refractivity contribution < 1.29 is 32.2 Å². The Bertz CT molecular complexity index is 1130. The van der Waals surface area contributed by atoms with Gasteiger partial charge in [0.2, 0.25) is 0 Å². The summed E-state index contributed by atoms with van der Waals surface area (Å²) >= 11 is 1.17. The standard InChI is InChI=1S/C17H12F4N4O4S/c18-10-7-9(29-17(19,20)21)1-2-11(10)23-15-16(28)25(6-5-22-15)12-8-30-13(24-12)3-4-14(26)27/h1-2,5-8H,3-4H2,(H,22,23)(H,26,27). The molecule has 0 aliphatic heterocycles. The zero-order valence-corrected chi connectivity index (χ0v) is 15.6. The van der Waals surface area contributed by atoms with Crippen molar-refractivity contribution in [1.82, 2.24) is 14.5 Å². The molecule has 3 rings (SSSR count). The summed E-state index contributed by atoms with van der Waals surface area (Å²) in [5.74, 6) is -2.88. The van der Waals surface area contributed by atoms with Crippen molar-refractivity contribution >= 4 is 28.8 Å². The number of carbonyl (C=O) groups is 1. The fraction of sp³-hybridized carbons (Fsp3) is 0.176. The number of benzene rings is 1. The molecule has 0 amide bonds. The molecule has 0 radical (unpaired) electrons. The second-order valence-electron chi connectivity index (χ2n) is 5.76. The maximum Gasteiger partial charge on any atom is 0.573 e. The average molecular weight is 444 g/mol. The van der Waals surface area contributed by atoms with Crippen molar-refractivity contribution in [2.45, 2.75) is 19.2 Å². The summed E-state index contributed by atoms with van der Waals surface area (Å²) in [6.07, 6.45) is -2.31. The average Bonchev–Trinajstić information content (AvgIpc) is 3.11. The van der Waals surface area contributed by atoms with Crippen molar-refractivity contribution in [3.8, 4) is 11.6 Å². The number of carboxylic acid groups (broad SMARTS) is 1. The molecule has 0 aliphatic rings. The molecule has 2 N–H and O–H groups in total. The largest absolute Gasteiger partial charge is 0.573 e. The second kappa shape index (κ2) is 8.49. The topological polar surface area (TPSA) is 106 Å². The number of nitrogens with one attached hydrogen (secondary N) is 1. The van der Waals surface area contributed by atoms with Crippen molar-refractivity contribution in [2.24, 2.45) is 0 Å². The third-order valence-electron chi connectivity index (χ3n) is 3.61. The van der Waals surface area contributed by atoms with E-state index < -0.39 is 29.5 Å². The SMILES string of the molecule is O=C(O)CCc1nc(-n2ccnc(Nc3ccc(OC(F)(F)F)cc3F)c2=O)cs1. The number of thiazole rings is 1. The van der Waals surface area contributed by atoms with E-state index in [4.69, 9.17) is 5.11 Å². The lowest BCUT2D eigenvalue weighted by atomic mass is 10.3. The number of carboxylic acids is 1. The summed E-state index contributed by atoms with van der Waals surface area (Å²) in [4.78, 5) is 31.3. The molecule has 0 bridgehead atoms. The van der Waals surface area contributed by atoms with Crippen LogP contribution in [0.4, 0.5) is 29.1 Å². The molecule has 8 nitrogen and oxygen atoms in total. The van der Waals surface area contributed by atoms with Gasteiger partial charge in [-0.25, -0.2) is 14.4 Å². The zero-order chi connectivity index (χ0) is 21.9. The molecule has 1 aromatic carbocycles. The van der Waals surface area contributed by atoms with E-state index in [1.54, 1.807) is 5.38 Å². The smallest absolute Gasteiger partial charge is 0.481 e. The number of nitrogens with zero attached hydrogens (tertiary/aromatic N) is 3. The predicted molar refractivity (Wildman–Crippen MR) is 97.8 cm³/mol. The summed E-state index contributed by atoms with van der Waals surface area (Å²) < 4.78 is 55.5. The molecule has 158 valence electrons. The van der Waals surface area contributed by atoms with Crippen molar-refractivity contribution in [3.05, 3.63) is 57.2 Å². The minimum atomic E-state index is -4.97. The first-order valence-corrected chi connectivity index (χ1v) is 9.07.